The molecule has 0 spiro atoms. The second-order valence-corrected chi connectivity index (χ2v) is 5.54. The molecule has 1 aromatic carbocycles. The van der Waals surface area contributed by atoms with Gasteiger partial charge in [-0.15, -0.1) is 0 Å². The Morgan fingerprint density at radius 3 is 2.67 bits per heavy atom. The summed E-state index contributed by atoms with van der Waals surface area (Å²) >= 11 is 5.77. The number of nitriles is 1. The van der Waals surface area contributed by atoms with E-state index in [1.165, 1.54) is 6.07 Å². The first kappa shape index (κ1) is 17.0. The van der Waals surface area contributed by atoms with E-state index in [-0.39, 0.29) is 11.5 Å². The molecule has 1 amide bonds. The molecule has 21 heavy (non-hydrogen) atoms. The first-order valence-electron chi connectivity index (χ1n) is 6.43. The number of ether oxygens (including phenoxy) is 1. The molecule has 0 aromatic heterocycles. The summed E-state index contributed by atoms with van der Waals surface area (Å²) in [4.78, 5) is 23.5. The van der Waals surface area contributed by atoms with Crippen molar-refractivity contribution in [2.24, 2.45) is 5.92 Å². The number of esters is 1. The zero-order valence-corrected chi connectivity index (χ0v) is 12.9. The number of benzene rings is 1. The van der Waals surface area contributed by atoms with Crippen LogP contribution in [0.2, 0.25) is 5.02 Å². The molecule has 0 aliphatic heterocycles. The summed E-state index contributed by atoms with van der Waals surface area (Å²) in [6.45, 7) is 4.81. The van der Waals surface area contributed by atoms with Gasteiger partial charge in [-0.3, -0.25) is 4.79 Å². The average Bonchev–Trinajstić information content (AvgIpc) is 2.44. The molecule has 0 saturated heterocycles. The molecule has 1 aromatic rings. The highest BCUT2D eigenvalue weighted by atomic mass is 35.5. The third kappa shape index (κ3) is 4.76. The quantitative estimate of drug-likeness (QED) is 0.848. The lowest BCUT2D eigenvalue weighted by Gasteiger charge is -2.27. The third-order valence-electron chi connectivity index (χ3n) is 3.18. The van der Waals surface area contributed by atoms with E-state index >= 15 is 0 Å². The van der Waals surface area contributed by atoms with Crippen LogP contribution in [0.3, 0.4) is 0 Å². The summed E-state index contributed by atoms with van der Waals surface area (Å²) in [6, 6.07) is 8.29. The van der Waals surface area contributed by atoms with Gasteiger partial charge >= 0.3 is 5.97 Å². The molecule has 0 aliphatic rings. The van der Waals surface area contributed by atoms with Crippen molar-refractivity contribution in [1.29, 1.82) is 5.26 Å². The number of hydrogen-bond acceptors (Lipinski definition) is 4. The molecule has 0 aliphatic carbocycles. The molecule has 0 radical (unpaired) electrons. The molecule has 1 atom stereocenters. The van der Waals surface area contributed by atoms with Crippen molar-refractivity contribution in [1.82, 2.24) is 5.32 Å². The molecule has 0 heterocycles. The van der Waals surface area contributed by atoms with Gasteiger partial charge in [-0.2, -0.15) is 5.26 Å². The first-order valence-corrected chi connectivity index (χ1v) is 6.81. The van der Waals surface area contributed by atoms with Crippen molar-refractivity contribution >= 4 is 23.5 Å². The Balaban J connectivity index is 2.58. The van der Waals surface area contributed by atoms with Crippen LogP contribution in [0.5, 0.6) is 0 Å². The molecule has 0 bridgehead atoms. The number of carbonyl (C=O) groups excluding carboxylic acids is 2. The number of hydrogen-bond donors (Lipinski definition) is 1. The van der Waals surface area contributed by atoms with Crippen LogP contribution < -0.4 is 5.32 Å². The van der Waals surface area contributed by atoms with Crippen LogP contribution in [0.25, 0.3) is 0 Å². The van der Waals surface area contributed by atoms with E-state index in [4.69, 9.17) is 21.6 Å². The molecule has 1 N–H and O–H groups in total. The van der Waals surface area contributed by atoms with Crippen molar-refractivity contribution < 1.29 is 14.3 Å². The van der Waals surface area contributed by atoms with Gasteiger partial charge in [-0.05, 0) is 31.0 Å². The largest absolute Gasteiger partial charge is 0.452 e. The average molecular weight is 309 g/mol. The minimum atomic E-state index is -1.00. The normalized spacial score (nSPS) is 13.1. The first-order chi connectivity index (χ1) is 9.78. The van der Waals surface area contributed by atoms with Gasteiger partial charge in [0.25, 0.3) is 5.91 Å². The Kier molecular flexibility index (Phi) is 5.74. The molecule has 0 fully saturated rings. The minimum Gasteiger partial charge on any atom is -0.452 e. The predicted octanol–water partition coefficient (Wildman–Crippen LogP) is 2.55. The highest BCUT2D eigenvalue weighted by Gasteiger charge is 2.30. The molecule has 5 nitrogen and oxygen atoms in total. The summed E-state index contributed by atoms with van der Waals surface area (Å²) in [5, 5.41) is 12.1. The van der Waals surface area contributed by atoms with Gasteiger partial charge in [-0.1, -0.05) is 31.5 Å². The van der Waals surface area contributed by atoms with E-state index in [1.54, 1.807) is 25.1 Å². The van der Waals surface area contributed by atoms with Crippen molar-refractivity contribution in [2.45, 2.75) is 26.3 Å². The molecular weight excluding hydrogens is 292 g/mol. The number of nitrogens with one attached hydrogen (secondary N) is 1. The van der Waals surface area contributed by atoms with Crippen molar-refractivity contribution in [2.75, 3.05) is 6.61 Å². The highest BCUT2D eigenvalue weighted by molar-refractivity contribution is 6.30. The van der Waals surface area contributed by atoms with Crippen LogP contribution in [0.15, 0.2) is 24.3 Å². The minimum absolute atomic E-state index is 0.0740. The Hall–Kier alpha value is -2.06. The predicted molar refractivity (Wildman–Crippen MR) is 78.7 cm³/mol. The van der Waals surface area contributed by atoms with Crippen LogP contribution in [0.1, 0.15) is 31.1 Å². The van der Waals surface area contributed by atoms with Crippen LogP contribution in [0.4, 0.5) is 0 Å². The lowest BCUT2D eigenvalue weighted by atomic mass is 9.90. The van der Waals surface area contributed by atoms with Crippen LogP contribution >= 0.6 is 11.6 Å². The standard InChI is InChI=1S/C15H17ClN2O3/c1-10(2)15(3,9-17)18-13(19)8-21-14(20)11-5-4-6-12(16)7-11/h4-7,10H,8H2,1-3H3,(H,18,19)/t15-/m1/s1. The van der Waals surface area contributed by atoms with Gasteiger partial charge in [0.15, 0.2) is 6.61 Å². The van der Waals surface area contributed by atoms with E-state index < -0.39 is 24.0 Å². The Morgan fingerprint density at radius 1 is 1.48 bits per heavy atom. The number of amides is 1. The molecule has 0 unspecified atom stereocenters. The second-order valence-electron chi connectivity index (χ2n) is 5.10. The summed E-state index contributed by atoms with van der Waals surface area (Å²) in [7, 11) is 0. The lowest BCUT2D eigenvalue weighted by Crippen LogP contribution is -2.50. The van der Waals surface area contributed by atoms with Crippen LogP contribution in [0, 0.1) is 17.2 Å². The molecule has 1 rings (SSSR count). The second kappa shape index (κ2) is 7.09. The van der Waals surface area contributed by atoms with Crippen LogP contribution in [-0.2, 0) is 9.53 Å². The van der Waals surface area contributed by atoms with Gasteiger partial charge in [0.1, 0.15) is 5.54 Å². The number of halogens is 1. The van der Waals surface area contributed by atoms with Gasteiger partial charge in [0.05, 0.1) is 11.6 Å². The third-order valence-corrected chi connectivity index (χ3v) is 3.42. The fraction of sp³-hybridized carbons (Fsp3) is 0.400. The smallest absolute Gasteiger partial charge is 0.338 e. The van der Waals surface area contributed by atoms with E-state index in [0.29, 0.717) is 5.02 Å². The van der Waals surface area contributed by atoms with Crippen LogP contribution in [-0.4, -0.2) is 24.0 Å². The van der Waals surface area contributed by atoms with Crippen molar-refractivity contribution in [3.05, 3.63) is 34.9 Å². The van der Waals surface area contributed by atoms with E-state index in [2.05, 4.69) is 5.32 Å². The van der Waals surface area contributed by atoms with Gasteiger partial charge < -0.3 is 10.1 Å². The summed E-state index contributed by atoms with van der Waals surface area (Å²) in [5.74, 6) is -1.24. The van der Waals surface area contributed by atoms with E-state index in [9.17, 15) is 9.59 Å². The topological polar surface area (TPSA) is 79.2 Å². The maximum Gasteiger partial charge on any atom is 0.338 e. The fourth-order valence-corrected chi connectivity index (χ4v) is 1.65. The summed E-state index contributed by atoms with van der Waals surface area (Å²) < 4.78 is 4.90. The van der Waals surface area contributed by atoms with Crippen molar-refractivity contribution in [3.63, 3.8) is 0 Å². The SMILES string of the molecule is CC(C)[C@@](C)(C#N)NC(=O)COC(=O)c1cccc(Cl)c1. The molecule has 112 valence electrons. The summed E-state index contributed by atoms with van der Waals surface area (Å²) in [5.41, 5.74) is -0.735. The Labute approximate surface area is 128 Å². The maximum atomic E-state index is 11.8. The Bertz CT molecular complexity index is 581. The highest BCUT2D eigenvalue weighted by Crippen LogP contribution is 2.15. The van der Waals surface area contributed by atoms with Gasteiger partial charge in [0, 0.05) is 5.02 Å². The number of carbonyl (C=O) groups is 2. The molecular formula is C15H17ClN2O3. The molecule has 6 heteroatoms. The number of nitrogens with zero attached hydrogens (tertiary/aromatic N) is 1. The fourth-order valence-electron chi connectivity index (χ4n) is 1.46. The van der Waals surface area contributed by atoms with Gasteiger partial charge in [0.2, 0.25) is 0 Å². The number of rotatable bonds is 5. The van der Waals surface area contributed by atoms with Gasteiger partial charge in [-0.25, -0.2) is 4.79 Å². The zero-order chi connectivity index (χ0) is 16.0. The lowest BCUT2D eigenvalue weighted by molar-refractivity contribution is -0.125. The zero-order valence-electron chi connectivity index (χ0n) is 12.1. The maximum absolute atomic E-state index is 11.8. The Morgan fingerprint density at radius 2 is 2.14 bits per heavy atom. The monoisotopic (exact) mass is 308 g/mol. The van der Waals surface area contributed by atoms with E-state index in [1.807, 2.05) is 19.9 Å². The van der Waals surface area contributed by atoms with E-state index in [0.717, 1.165) is 0 Å². The van der Waals surface area contributed by atoms with Crippen molar-refractivity contribution in [3.8, 4) is 6.07 Å². The molecule has 0 saturated carbocycles. The summed E-state index contributed by atoms with van der Waals surface area (Å²) in [6.07, 6.45) is 0.